The number of pyridine rings is 1. The lowest BCUT2D eigenvalue weighted by atomic mass is 10.1. The largest absolute Gasteiger partial charge is 0.379 e. The maximum absolute atomic E-state index is 13.9. The van der Waals surface area contributed by atoms with Crippen LogP contribution in [0.1, 0.15) is 52.3 Å². The summed E-state index contributed by atoms with van der Waals surface area (Å²) in [5, 5.41) is 3.24. The number of hydrogen-bond acceptors (Lipinski definition) is 3. The minimum absolute atomic E-state index is 0.219. The molecule has 0 aliphatic heterocycles. The average Bonchev–Trinajstić information content (AvgIpc) is 3.27. The highest BCUT2D eigenvalue weighted by atomic mass is 19.4. The lowest BCUT2D eigenvalue weighted by Gasteiger charge is -2.08. The molecule has 0 bridgehead atoms. The summed E-state index contributed by atoms with van der Waals surface area (Å²) >= 11 is 0. The van der Waals surface area contributed by atoms with Gasteiger partial charge in [-0.3, -0.25) is 0 Å². The second kappa shape index (κ2) is 20.2. The zero-order chi connectivity index (χ0) is 24.1. The quantitative estimate of drug-likeness (QED) is 0.278. The summed E-state index contributed by atoms with van der Waals surface area (Å²) in [6, 6.07) is 3.75. The highest BCUT2D eigenvalue weighted by Crippen LogP contribution is 2.24. The van der Waals surface area contributed by atoms with Crippen LogP contribution in [0, 0.1) is 12.3 Å². The molecule has 0 unspecified atom stereocenters. The van der Waals surface area contributed by atoms with Crippen LogP contribution < -0.4 is 5.32 Å². The van der Waals surface area contributed by atoms with Gasteiger partial charge in [0.2, 0.25) is 0 Å². The highest BCUT2D eigenvalue weighted by molar-refractivity contribution is 5.76. The Labute approximate surface area is 182 Å². The molecular weight excluding hydrogens is 408 g/mol. The van der Waals surface area contributed by atoms with Crippen LogP contribution in [-0.2, 0) is 6.42 Å². The van der Waals surface area contributed by atoms with Crippen molar-refractivity contribution in [2.24, 2.45) is 0 Å². The van der Waals surface area contributed by atoms with Gasteiger partial charge in [-0.2, -0.15) is 13.2 Å². The molecule has 0 atom stereocenters. The molecular formula is C23H32F4N4. The summed E-state index contributed by atoms with van der Waals surface area (Å²) in [7, 11) is 0. The lowest BCUT2D eigenvalue weighted by molar-refractivity contribution is 0.00819. The van der Waals surface area contributed by atoms with Gasteiger partial charge in [0, 0.05) is 42.2 Å². The number of imidazole rings is 1. The Balaban J connectivity index is 0. The standard InChI is InChI=1S/C17H21FN4.C3H4.C2H6.CHF3/c1-3-5-15(16(18)4-2)13-6-7-17(21-10-13)20-9-8-14-11-19-12-22-14;1-3-2;1-2;2-1(3)4/h4-7,10-12H,3,8-9H2,1-2H3,(H,19,22)(H,20,21);1H,2H3;1-2H3;1H/b15-5-,16-4+;;;. The molecule has 2 rings (SSSR count). The number of terminal acetylenes is 1. The van der Waals surface area contributed by atoms with E-state index >= 15 is 0 Å². The zero-order valence-corrected chi connectivity index (χ0v) is 18.7. The molecule has 8 heteroatoms. The fourth-order valence-electron chi connectivity index (χ4n) is 2.12. The van der Waals surface area contributed by atoms with Crippen molar-refractivity contribution >= 4 is 11.4 Å². The van der Waals surface area contributed by atoms with Crippen molar-refractivity contribution in [3.8, 4) is 12.3 Å². The SMILES string of the molecule is C#CC.C/C=C(F)\C(=C/CC)c1ccc(NCCc2cnc[nH]2)nc1.CC.FC(F)F. The third kappa shape index (κ3) is 15.4. The number of hydrogen-bond donors (Lipinski definition) is 2. The molecule has 0 aliphatic rings. The van der Waals surface area contributed by atoms with Crippen molar-refractivity contribution in [1.29, 1.82) is 0 Å². The number of allylic oxidation sites excluding steroid dienone is 4. The van der Waals surface area contributed by atoms with Crippen LogP contribution in [0.4, 0.5) is 23.4 Å². The maximum atomic E-state index is 13.9. The summed E-state index contributed by atoms with van der Waals surface area (Å²) in [5.74, 6) is 2.81. The second-order valence-corrected chi connectivity index (χ2v) is 5.38. The van der Waals surface area contributed by atoms with Crippen molar-refractivity contribution in [1.82, 2.24) is 15.0 Å². The molecule has 4 nitrogen and oxygen atoms in total. The molecule has 0 saturated heterocycles. The smallest absolute Gasteiger partial charge is 0.370 e. The number of nitrogens with one attached hydrogen (secondary N) is 2. The lowest BCUT2D eigenvalue weighted by Crippen LogP contribution is -2.06. The van der Waals surface area contributed by atoms with E-state index in [2.05, 4.69) is 32.6 Å². The average molecular weight is 441 g/mol. The zero-order valence-electron chi connectivity index (χ0n) is 18.7. The van der Waals surface area contributed by atoms with Crippen LogP contribution >= 0.6 is 0 Å². The third-order valence-electron chi connectivity index (χ3n) is 3.25. The van der Waals surface area contributed by atoms with Gasteiger partial charge in [-0.05, 0) is 32.4 Å². The van der Waals surface area contributed by atoms with Crippen molar-refractivity contribution in [3.63, 3.8) is 0 Å². The number of halogens is 4. The van der Waals surface area contributed by atoms with Gasteiger partial charge in [0.1, 0.15) is 11.6 Å². The number of H-pyrrole nitrogens is 1. The molecule has 0 amide bonds. The van der Waals surface area contributed by atoms with Crippen LogP contribution in [0.15, 0.2) is 48.8 Å². The number of aromatic amines is 1. The predicted octanol–water partition coefficient (Wildman–Crippen LogP) is 6.97. The van der Waals surface area contributed by atoms with Gasteiger partial charge in [-0.25, -0.2) is 14.4 Å². The van der Waals surface area contributed by atoms with Crippen molar-refractivity contribution < 1.29 is 17.6 Å². The van der Waals surface area contributed by atoms with Crippen molar-refractivity contribution in [3.05, 3.63) is 60.1 Å². The fraction of sp³-hybridized carbons (Fsp3) is 0.391. The molecule has 2 aromatic rings. The molecule has 0 spiro atoms. The first-order chi connectivity index (χ1) is 14.9. The highest BCUT2D eigenvalue weighted by Gasteiger charge is 2.07. The summed E-state index contributed by atoms with van der Waals surface area (Å²) in [5.41, 5.74) is 2.46. The molecule has 0 aromatic carbocycles. The first-order valence-corrected chi connectivity index (χ1v) is 9.88. The van der Waals surface area contributed by atoms with Crippen molar-refractivity contribution in [2.75, 3.05) is 11.9 Å². The molecule has 0 aliphatic carbocycles. The van der Waals surface area contributed by atoms with Crippen LogP contribution in [0.5, 0.6) is 0 Å². The van der Waals surface area contributed by atoms with Gasteiger partial charge < -0.3 is 10.3 Å². The second-order valence-electron chi connectivity index (χ2n) is 5.38. The summed E-state index contributed by atoms with van der Waals surface area (Å²) in [4.78, 5) is 11.4. The van der Waals surface area contributed by atoms with E-state index < -0.39 is 6.68 Å². The van der Waals surface area contributed by atoms with E-state index in [1.54, 1.807) is 32.6 Å². The Hall–Kier alpha value is -3.08. The number of anilines is 1. The van der Waals surface area contributed by atoms with Crippen LogP contribution in [-0.4, -0.2) is 28.2 Å². The van der Waals surface area contributed by atoms with E-state index in [1.165, 1.54) is 6.08 Å². The van der Waals surface area contributed by atoms with E-state index in [-0.39, 0.29) is 5.83 Å². The number of aromatic nitrogens is 3. The van der Waals surface area contributed by atoms with Crippen molar-refractivity contribution in [2.45, 2.75) is 54.1 Å². The minimum Gasteiger partial charge on any atom is -0.370 e. The van der Waals surface area contributed by atoms with Crippen LogP contribution in [0.2, 0.25) is 0 Å². The Morgan fingerprint density at radius 2 is 1.87 bits per heavy atom. The molecule has 0 saturated carbocycles. The molecule has 0 fully saturated rings. The predicted molar refractivity (Wildman–Crippen MR) is 121 cm³/mol. The fourth-order valence-corrected chi connectivity index (χ4v) is 2.12. The van der Waals surface area contributed by atoms with E-state index in [0.29, 0.717) is 5.57 Å². The monoisotopic (exact) mass is 440 g/mol. The Kier molecular flexibility index (Phi) is 19.6. The molecule has 2 aromatic heterocycles. The van der Waals surface area contributed by atoms with Gasteiger partial charge in [0.25, 0.3) is 0 Å². The molecule has 2 N–H and O–H groups in total. The number of alkyl halides is 3. The first-order valence-electron chi connectivity index (χ1n) is 9.88. The van der Waals surface area contributed by atoms with Crippen LogP contribution in [0.3, 0.4) is 0 Å². The summed E-state index contributed by atoms with van der Waals surface area (Å²) in [6.07, 6.45) is 14.7. The first kappa shape index (κ1) is 30.1. The van der Waals surface area contributed by atoms with Gasteiger partial charge in [-0.15, -0.1) is 12.3 Å². The normalized spacial score (nSPS) is 10.5. The molecule has 31 heavy (non-hydrogen) atoms. The molecule has 2 heterocycles. The number of rotatable bonds is 7. The topological polar surface area (TPSA) is 53.6 Å². The maximum Gasteiger partial charge on any atom is 0.379 e. The summed E-state index contributed by atoms with van der Waals surface area (Å²) < 4.78 is 42.9. The Morgan fingerprint density at radius 3 is 2.29 bits per heavy atom. The van der Waals surface area contributed by atoms with E-state index in [1.807, 2.05) is 39.0 Å². The third-order valence-corrected chi connectivity index (χ3v) is 3.25. The van der Waals surface area contributed by atoms with E-state index in [0.717, 1.165) is 36.5 Å². The van der Waals surface area contributed by atoms with Gasteiger partial charge >= 0.3 is 6.68 Å². The van der Waals surface area contributed by atoms with Gasteiger partial charge in [0.15, 0.2) is 0 Å². The molecule has 0 radical (unpaired) electrons. The Morgan fingerprint density at radius 1 is 1.26 bits per heavy atom. The Bertz CT molecular complexity index is 759. The number of nitrogens with zero attached hydrogens (tertiary/aromatic N) is 2. The minimum atomic E-state index is -3.67. The van der Waals surface area contributed by atoms with Crippen LogP contribution in [0.25, 0.3) is 5.57 Å². The van der Waals surface area contributed by atoms with Gasteiger partial charge in [-0.1, -0.05) is 32.9 Å². The van der Waals surface area contributed by atoms with E-state index in [9.17, 15) is 17.6 Å². The van der Waals surface area contributed by atoms with Gasteiger partial charge in [0.05, 0.1) is 6.33 Å². The molecule has 172 valence electrons. The van der Waals surface area contributed by atoms with E-state index in [4.69, 9.17) is 0 Å². The summed E-state index contributed by atoms with van der Waals surface area (Å²) in [6.45, 7) is 6.43.